The number of sulfonamides is 1. The van der Waals surface area contributed by atoms with Crippen LogP contribution in [-0.2, 0) is 23.6 Å². The van der Waals surface area contributed by atoms with Crippen LogP contribution in [0, 0.1) is 5.92 Å². The molecule has 0 aliphatic carbocycles. The summed E-state index contributed by atoms with van der Waals surface area (Å²) in [6.07, 6.45) is 2.50. The molecule has 1 aromatic heterocycles. The molecule has 0 radical (unpaired) electrons. The van der Waals surface area contributed by atoms with Gasteiger partial charge in [0.1, 0.15) is 0 Å². The molecule has 0 saturated heterocycles. The largest absolute Gasteiger partial charge is 0.352 e. The molecule has 0 aliphatic heterocycles. The topological polar surface area (TPSA) is 63.1 Å². The second kappa shape index (κ2) is 7.42. The van der Waals surface area contributed by atoms with Crippen molar-refractivity contribution in [2.75, 3.05) is 0 Å². The molecular weight excluding hydrogens is 286 g/mol. The molecule has 0 fully saturated rings. The zero-order valence-electron chi connectivity index (χ0n) is 14.0. The van der Waals surface area contributed by atoms with Crippen LogP contribution in [0.4, 0.5) is 0 Å². The third-order valence-electron chi connectivity index (χ3n) is 3.27. The second-order valence-corrected chi connectivity index (χ2v) is 8.18. The van der Waals surface area contributed by atoms with E-state index in [1.807, 2.05) is 18.5 Å². The van der Waals surface area contributed by atoms with E-state index in [0.717, 1.165) is 12.1 Å². The van der Waals surface area contributed by atoms with Gasteiger partial charge in [-0.15, -0.1) is 0 Å². The lowest BCUT2D eigenvalue weighted by Gasteiger charge is -2.15. The van der Waals surface area contributed by atoms with Crippen LogP contribution < -0.4 is 10.0 Å². The number of aryl methyl sites for hydroxylation is 1. The SMILES string of the molecule is CC(C)CC(C)NS(=O)(=O)c1cc(CNC(C)C)n(C)c1. The van der Waals surface area contributed by atoms with E-state index in [9.17, 15) is 8.42 Å². The molecule has 0 bridgehead atoms. The lowest BCUT2D eigenvalue weighted by molar-refractivity contribution is 0.482. The van der Waals surface area contributed by atoms with Crippen molar-refractivity contribution in [2.45, 2.75) is 64.6 Å². The van der Waals surface area contributed by atoms with Crippen LogP contribution in [0.5, 0.6) is 0 Å². The summed E-state index contributed by atoms with van der Waals surface area (Å²) in [5, 5.41) is 3.30. The fourth-order valence-electron chi connectivity index (χ4n) is 2.30. The number of hydrogen-bond donors (Lipinski definition) is 2. The minimum absolute atomic E-state index is 0.0626. The summed E-state index contributed by atoms with van der Waals surface area (Å²) < 4.78 is 29.4. The van der Waals surface area contributed by atoms with Crippen molar-refractivity contribution in [3.8, 4) is 0 Å². The summed E-state index contributed by atoms with van der Waals surface area (Å²) in [4.78, 5) is 0.334. The number of hydrogen-bond acceptors (Lipinski definition) is 3. The molecule has 1 atom stereocenters. The summed E-state index contributed by atoms with van der Waals surface area (Å²) in [5.41, 5.74) is 0.959. The van der Waals surface area contributed by atoms with Gasteiger partial charge in [0.25, 0.3) is 0 Å². The first-order valence-corrected chi connectivity index (χ1v) is 9.01. The maximum Gasteiger partial charge on any atom is 0.242 e. The monoisotopic (exact) mass is 315 g/mol. The molecule has 5 nitrogen and oxygen atoms in total. The maximum atomic E-state index is 12.4. The van der Waals surface area contributed by atoms with Gasteiger partial charge in [0.2, 0.25) is 10.0 Å². The molecule has 2 N–H and O–H groups in total. The van der Waals surface area contributed by atoms with Gasteiger partial charge < -0.3 is 9.88 Å². The average Bonchev–Trinajstić information content (AvgIpc) is 2.66. The van der Waals surface area contributed by atoms with Gasteiger partial charge in [-0.25, -0.2) is 13.1 Å². The Bertz CT molecular complexity index is 547. The van der Waals surface area contributed by atoms with Crippen molar-refractivity contribution < 1.29 is 8.42 Å². The minimum atomic E-state index is -3.44. The molecule has 1 aromatic rings. The average molecular weight is 315 g/mol. The molecular formula is C15H29N3O2S. The van der Waals surface area contributed by atoms with Crippen LogP contribution in [0.2, 0.25) is 0 Å². The van der Waals surface area contributed by atoms with Gasteiger partial charge in [-0.05, 0) is 25.3 Å². The smallest absolute Gasteiger partial charge is 0.242 e. The Hall–Kier alpha value is -0.850. The Morgan fingerprint density at radius 3 is 2.33 bits per heavy atom. The van der Waals surface area contributed by atoms with E-state index in [1.165, 1.54) is 0 Å². The van der Waals surface area contributed by atoms with Crippen LogP contribution in [-0.4, -0.2) is 25.1 Å². The van der Waals surface area contributed by atoms with E-state index >= 15 is 0 Å². The van der Waals surface area contributed by atoms with Gasteiger partial charge in [-0.2, -0.15) is 0 Å². The van der Waals surface area contributed by atoms with E-state index in [0.29, 0.717) is 23.4 Å². The highest BCUT2D eigenvalue weighted by Gasteiger charge is 2.20. The van der Waals surface area contributed by atoms with Gasteiger partial charge in [0.05, 0.1) is 4.90 Å². The van der Waals surface area contributed by atoms with Gasteiger partial charge in [0.15, 0.2) is 0 Å². The number of rotatable bonds is 8. The highest BCUT2D eigenvalue weighted by Crippen LogP contribution is 2.15. The van der Waals surface area contributed by atoms with Gasteiger partial charge in [-0.3, -0.25) is 0 Å². The van der Waals surface area contributed by atoms with E-state index in [1.54, 1.807) is 12.3 Å². The molecule has 122 valence electrons. The molecule has 6 heteroatoms. The van der Waals surface area contributed by atoms with Crippen LogP contribution >= 0.6 is 0 Å². The molecule has 1 rings (SSSR count). The number of nitrogens with zero attached hydrogens (tertiary/aromatic N) is 1. The van der Waals surface area contributed by atoms with E-state index in [-0.39, 0.29) is 6.04 Å². The quantitative estimate of drug-likeness (QED) is 0.773. The van der Waals surface area contributed by atoms with Gasteiger partial charge in [-0.1, -0.05) is 27.7 Å². The number of nitrogens with one attached hydrogen (secondary N) is 2. The fraction of sp³-hybridized carbons (Fsp3) is 0.733. The Balaban J connectivity index is 2.82. The van der Waals surface area contributed by atoms with Crippen molar-refractivity contribution >= 4 is 10.0 Å². The Kier molecular flexibility index (Phi) is 6.43. The predicted molar refractivity (Wildman–Crippen MR) is 86.6 cm³/mol. The highest BCUT2D eigenvalue weighted by molar-refractivity contribution is 7.89. The zero-order valence-corrected chi connectivity index (χ0v) is 14.8. The third-order valence-corrected chi connectivity index (χ3v) is 4.82. The lowest BCUT2D eigenvalue weighted by atomic mass is 10.1. The fourth-order valence-corrected chi connectivity index (χ4v) is 3.65. The van der Waals surface area contributed by atoms with Crippen molar-refractivity contribution in [3.63, 3.8) is 0 Å². The number of aromatic nitrogens is 1. The predicted octanol–water partition coefficient (Wildman–Crippen LogP) is 2.24. The van der Waals surface area contributed by atoms with Crippen molar-refractivity contribution in [2.24, 2.45) is 13.0 Å². The van der Waals surface area contributed by atoms with Crippen molar-refractivity contribution in [3.05, 3.63) is 18.0 Å². The van der Waals surface area contributed by atoms with Crippen LogP contribution in [0.3, 0.4) is 0 Å². The van der Waals surface area contributed by atoms with E-state index < -0.39 is 10.0 Å². The summed E-state index contributed by atoms with van der Waals surface area (Å²) in [5.74, 6) is 0.462. The molecule has 1 unspecified atom stereocenters. The van der Waals surface area contributed by atoms with Crippen molar-refractivity contribution in [1.82, 2.24) is 14.6 Å². The van der Waals surface area contributed by atoms with Crippen LogP contribution in [0.25, 0.3) is 0 Å². The van der Waals surface area contributed by atoms with Gasteiger partial charge >= 0.3 is 0 Å². The molecule has 21 heavy (non-hydrogen) atoms. The molecule has 0 aromatic carbocycles. The maximum absolute atomic E-state index is 12.4. The van der Waals surface area contributed by atoms with E-state index in [2.05, 4.69) is 37.7 Å². The minimum Gasteiger partial charge on any atom is -0.352 e. The van der Waals surface area contributed by atoms with Gasteiger partial charge in [0, 0.05) is 37.6 Å². The third kappa shape index (κ3) is 5.80. The standard InChI is InChI=1S/C15H29N3O2S/c1-11(2)7-13(5)17-21(19,20)15-8-14(18(6)10-15)9-16-12(3)4/h8,10-13,16-17H,7,9H2,1-6H3. The highest BCUT2D eigenvalue weighted by atomic mass is 32.2. The van der Waals surface area contributed by atoms with Crippen LogP contribution in [0.15, 0.2) is 17.2 Å². The first-order chi connectivity index (χ1) is 9.61. The summed E-state index contributed by atoms with van der Waals surface area (Å²) in [6.45, 7) is 10.9. The Morgan fingerprint density at radius 2 is 1.81 bits per heavy atom. The first kappa shape index (κ1) is 18.2. The molecule has 0 amide bonds. The summed E-state index contributed by atoms with van der Waals surface area (Å²) in [6, 6.07) is 2.04. The van der Waals surface area contributed by atoms with E-state index in [4.69, 9.17) is 0 Å². The van der Waals surface area contributed by atoms with Crippen molar-refractivity contribution in [1.29, 1.82) is 0 Å². The first-order valence-electron chi connectivity index (χ1n) is 7.52. The Morgan fingerprint density at radius 1 is 1.19 bits per heavy atom. The summed E-state index contributed by atoms with van der Waals surface area (Å²) in [7, 11) is -1.58. The molecule has 0 saturated carbocycles. The second-order valence-electron chi connectivity index (χ2n) is 6.47. The molecule has 0 spiro atoms. The molecule has 1 heterocycles. The zero-order chi connectivity index (χ0) is 16.2. The summed E-state index contributed by atoms with van der Waals surface area (Å²) >= 11 is 0. The normalized spacial score (nSPS) is 14.1. The lowest BCUT2D eigenvalue weighted by Crippen LogP contribution is -2.33. The van der Waals surface area contributed by atoms with Crippen LogP contribution in [0.1, 0.15) is 46.7 Å². The Labute approximate surface area is 129 Å². The molecule has 0 aliphatic rings.